The maximum absolute atomic E-state index is 3.83. The molecule has 15 heavy (non-hydrogen) atoms. The van der Waals surface area contributed by atoms with E-state index < -0.39 is 12.3 Å². The maximum Gasteiger partial charge on any atom is 0.230 e. The molecule has 0 bridgehead atoms. The Hall–Kier alpha value is -2.46. The molecule has 0 aliphatic carbocycles. The molecule has 0 atom stereocenters. The van der Waals surface area contributed by atoms with E-state index in [2.05, 4.69) is 56.8 Å². The van der Waals surface area contributed by atoms with Crippen LogP contribution in [0, 0.1) is 0 Å². The molecule has 0 saturated heterocycles. The van der Waals surface area contributed by atoms with E-state index in [1.165, 1.54) is 0 Å². The van der Waals surface area contributed by atoms with Crippen molar-refractivity contribution < 1.29 is 0 Å². The monoisotopic (exact) mass is 205 g/mol. The van der Waals surface area contributed by atoms with Crippen molar-refractivity contribution in [3.05, 3.63) is 11.4 Å². The number of aromatic amines is 1. The van der Waals surface area contributed by atoms with Gasteiger partial charge in [-0.3, -0.25) is 5.10 Å². The number of hydrogen-bond acceptors (Lipinski definition) is 10. The molecule has 3 heterocycles. The van der Waals surface area contributed by atoms with Gasteiger partial charge in [-0.25, -0.2) is 0 Å². The number of H-pyrrole nitrogens is 1. The molecule has 0 aromatic carbocycles. The van der Waals surface area contributed by atoms with Gasteiger partial charge in [0.05, 0.1) is 0 Å². The number of nitrogens with zero attached hydrogens (tertiary/aromatic N) is 10. The first-order valence-electron chi connectivity index (χ1n) is 3.96. The topological polar surface area (TPSA) is 140 Å². The molecule has 0 saturated carbocycles. The SMILES string of the molecule is N1=NC(c2nn[nH]c2C2N=NN=N2)N=N1. The van der Waals surface area contributed by atoms with E-state index in [-0.39, 0.29) is 0 Å². The van der Waals surface area contributed by atoms with Crippen LogP contribution in [0.15, 0.2) is 41.4 Å². The summed E-state index contributed by atoms with van der Waals surface area (Å²) in [6, 6.07) is 0. The molecular formula is C4H3N11. The summed E-state index contributed by atoms with van der Waals surface area (Å²) in [5, 5.41) is 38.6. The second kappa shape index (κ2) is 3.04. The molecule has 0 radical (unpaired) electrons. The van der Waals surface area contributed by atoms with Crippen LogP contribution in [0.1, 0.15) is 23.7 Å². The Bertz CT molecular complexity index is 412. The standard InChI is InChI=1S/C4H3N11/c5-1(3-7-12-13-8-3)2(6-11-5)4-9-14-15-10-4/h3-4H,(H,5,6,11). The fourth-order valence-corrected chi connectivity index (χ4v) is 1.18. The first-order chi connectivity index (χ1) is 7.45. The highest BCUT2D eigenvalue weighted by molar-refractivity contribution is 5.17. The van der Waals surface area contributed by atoms with Crippen LogP contribution in [0.25, 0.3) is 0 Å². The molecule has 1 aromatic rings. The molecule has 2 aliphatic heterocycles. The molecular weight excluding hydrogens is 202 g/mol. The van der Waals surface area contributed by atoms with E-state index in [9.17, 15) is 0 Å². The Morgan fingerprint density at radius 1 is 0.800 bits per heavy atom. The van der Waals surface area contributed by atoms with Gasteiger partial charge in [-0.1, -0.05) is 5.21 Å². The third-order valence-electron chi connectivity index (χ3n) is 1.83. The molecule has 11 nitrogen and oxygen atoms in total. The Labute approximate surface area is 81.5 Å². The molecule has 0 amide bonds. The normalized spacial score (nSPS) is 19.7. The van der Waals surface area contributed by atoms with Gasteiger partial charge in [-0.05, 0) is 20.9 Å². The smallest absolute Gasteiger partial charge is 0.230 e. The van der Waals surface area contributed by atoms with Crippen molar-refractivity contribution in [2.45, 2.75) is 12.3 Å². The van der Waals surface area contributed by atoms with E-state index in [0.29, 0.717) is 11.4 Å². The number of hydrogen-bond donors (Lipinski definition) is 1. The van der Waals surface area contributed by atoms with Crippen molar-refractivity contribution in [2.24, 2.45) is 41.4 Å². The van der Waals surface area contributed by atoms with Gasteiger partial charge in [0.1, 0.15) is 11.4 Å². The lowest BCUT2D eigenvalue weighted by atomic mass is 10.2. The number of nitrogens with one attached hydrogen (secondary N) is 1. The van der Waals surface area contributed by atoms with Gasteiger partial charge in [0.2, 0.25) is 12.3 Å². The first kappa shape index (κ1) is 7.90. The molecule has 3 rings (SSSR count). The second-order valence-corrected chi connectivity index (χ2v) is 2.68. The summed E-state index contributed by atoms with van der Waals surface area (Å²) < 4.78 is 0. The Morgan fingerprint density at radius 3 is 2.07 bits per heavy atom. The summed E-state index contributed by atoms with van der Waals surface area (Å²) in [5.74, 6) is 0. The lowest BCUT2D eigenvalue weighted by Crippen LogP contribution is -1.98. The van der Waals surface area contributed by atoms with Crippen LogP contribution in [0.2, 0.25) is 0 Å². The van der Waals surface area contributed by atoms with Gasteiger partial charge >= 0.3 is 0 Å². The summed E-state index contributed by atoms with van der Waals surface area (Å²) in [4.78, 5) is 0. The van der Waals surface area contributed by atoms with Crippen molar-refractivity contribution >= 4 is 0 Å². The van der Waals surface area contributed by atoms with Crippen molar-refractivity contribution in [3.8, 4) is 0 Å². The fourth-order valence-electron chi connectivity index (χ4n) is 1.18. The third-order valence-corrected chi connectivity index (χ3v) is 1.83. The summed E-state index contributed by atoms with van der Waals surface area (Å²) in [5.41, 5.74) is 1.02. The highest BCUT2D eigenvalue weighted by Gasteiger charge is 2.27. The predicted molar refractivity (Wildman–Crippen MR) is 41.3 cm³/mol. The van der Waals surface area contributed by atoms with Crippen LogP contribution in [0.3, 0.4) is 0 Å². The average molecular weight is 205 g/mol. The quantitative estimate of drug-likeness (QED) is 0.780. The molecule has 0 fully saturated rings. The molecule has 11 heteroatoms. The van der Waals surface area contributed by atoms with Crippen molar-refractivity contribution in [2.75, 3.05) is 0 Å². The van der Waals surface area contributed by atoms with Gasteiger partial charge in [-0.15, -0.1) is 25.6 Å². The van der Waals surface area contributed by atoms with Crippen LogP contribution in [-0.2, 0) is 0 Å². The zero-order valence-electron chi connectivity index (χ0n) is 7.13. The third kappa shape index (κ3) is 1.20. The second-order valence-electron chi connectivity index (χ2n) is 2.68. The van der Waals surface area contributed by atoms with Gasteiger partial charge in [0.25, 0.3) is 0 Å². The van der Waals surface area contributed by atoms with Gasteiger partial charge < -0.3 is 0 Å². The van der Waals surface area contributed by atoms with Gasteiger partial charge in [0.15, 0.2) is 0 Å². The molecule has 74 valence electrons. The molecule has 2 aliphatic rings. The summed E-state index contributed by atoms with van der Waals surface area (Å²) >= 11 is 0. The van der Waals surface area contributed by atoms with Crippen LogP contribution >= 0.6 is 0 Å². The first-order valence-corrected chi connectivity index (χ1v) is 3.96. The minimum Gasteiger partial charge on any atom is -0.257 e. The largest absolute Gasteiger partial charge is 0.257 e. The van der Waals surface area contributed by atoms with E-state index in [1.54, 1.807) is 0 Å². The zero-order valence-corrected chi connectivity index (χ0v) is 7.13. The van der Waals surface area contributed by atoms with Gasteiger partial charge in [-0.2, -0.15) is 0 Å². The summed E-state index contributed by atoms with van der Waals surface area (Å²) in [6.45, 7) is 0. The van der Waals surface area contributed by atoms with Crippen molar-refractivity contribution in [1.29, 1.82) is 0 Å². The van der Waals surface area contributed by atoms with E-state index in [1.807, 2.05) is 0 Å². The van der Waals surface area contributed by atoms with Crippen LogP contribution in [-0.4, -0.2) is 15.4 Å². The Morgan fingerprint density at radius 2 is 1.40 bits per heavy atom. The molecule has 0 spiro atoms. The van der Waals surface area contributed by atoms with Crippen molar-refractivity contribution in [3.63, 3.8) is 0 Å². The fraction of sp³-hybridized carbons (Fsp3) is 0.500. The Balaban J connectivity index is 1.98. The van der Waals surface area contributed by atoms with E-state index in [4.69, 9.17) is 0 Å². The molecule has 0 unspecified atom stereocenters. The highest BCUT2D eigenvalue weighted by Crippen LogP contribution is 2.30. The Kier molecular flexibility index (Phi) is 1.60. The maximum atomic E-state index is 3.83. The zero-order chi connectivity index (χ0) is 10.1. The number of aromatic nitrogens is 3. The van der Waals surface area contributed by atoms with Crippen molar-refractivity contribution in [1.82, 2.24) is 15.4 Å². The van der Waals surface area contributed by atoms with Gasteiger partial charge in [0, 0.05) is 0 Å². The molecule has 1 aromatic heterocycles. The lowest BCUT2D eigenvalue weighted by molar-refractivity contribution is 0.677. The average Bonchev–Trinajstić information content (AvgIpc) is 3.01. The van der Waals surface area contributed by atoms with Crippen LogP contribution in [0.4, 0.5) is 0 Å². The minimum absolute atomic E-state index is 0.477. The predicted octanol–water partition coefficient (Wildman–Crippen LogP) is 1.47. The highest BCUT2D eigenvalue weighted by atomic mass is 15.6. The lowest BCUT2D eigenvalue weighted by Gasteiger charge is -2.00. The van der Waals surface area contributed by atoms with E-state index in [0.717, 1.165) is 0 Å². The van der Waals surface area contributed by atoms with E-state index >= 15 is 0 Å². The summed E-state index contributed by atoms with van der Waals surface area (Å²) in [7, 11) is 0. The van der Waals surface area contributed by atoms with Crippen LogP contribution < -0.4 is 0 Å². The number of rotatable bonds is 2. The van der Waals surface area contributed by atoms with Crippen LogP contribution in [0.5, 0.6) is 0 Å². The summed E-state index contributed by atoms with van der Waals surface area (Å²) in [6.07, 6.45) is -1.13. The molecule has 1 N–H and O–H groups in total. The minimum atomic E-state index is -0.579.